The van der Waals surface area contributed by atoms with Crippen molar-refractivity contribution in [2.24, 2.45) is 5.92 Å². The third-order valence-corrected chi connectivity index (χ3v) is 7.84. The van der Waals surface area contributed by atoms with Crippen LogP contribution in [0.15, 0.2) is 42.5 Å². The summed E-state index contributed by atoms with van der Waals surface area (Å²) in [7, 11) is 1.66. The number of benzene rings is 2. The fourth-order valence-corrected chi connectivity index (χ4v) is 5.44. The van der Waals surface area contributed by atoms with Crippen molar-refractivity contribution < 1.29 is 27.8 Å². The Balaban J connectivity index is 1.20. The van der Waals surface area contributed by atoms with E-state index in [1.807, 2.05) is 12.1 Å². The Morgan fingerprint density at radius 3 is 2.30 bits per heavy atom. The molecule has 2 heterocycles. The molecular weight excluding hydrogens is 507 g/mol. The number of alkyl halides is 3. The molecular formula is C27H33ClF3N3O3. The highest BCUT2D eigenvalue weighted by Crippen LogP contribution is 2.34. The molecule has 2 aliphatic rings. The number of urea groups is 1. The minimum Gasteiger partial charge on any atom is -0.497 e. The van der Waals surface area contributed by atoms with Gasteiger partial charge in [-0.3, -0.25) is 0 Å². The average Bonchev–Trinajstić information content (AvgIpc) is 2.90. The SMILES string of the molecule is COc1ccc(C2CCN(CC(O)C3CCN(C(=O)Nc4ccc(C(F)(F)F)cc4Cl)CC3)CC2)cc1. The number of halogens is 4. The number of carbonyl (C=O) groups excluding carboxylic acids is 1. The van der Waals surface area contributed by atoms with Crippen molar-refractivity contribution in [2.75, 3.05) is 45.2 Å². The Kier molecular flexibility index (Phi) is 8.87. The van der Waals surface area contributed by atoms with Crippen LogP contribution in [0.5, 0.6) is 5.75 Å². The first-order valence-electron chi connectivity index (χ1n) is 12.6. The molecule has 0 aliphatic carbocycles. The number of ether oxygens (including phenoxy) is 1. The lowest BCUT2D eigenvalue weighted by Gasteiger charge is -2.38. The number of β-amino-alcohol motifs (C(OH)–C–C–N with tert-alkyl or cyclic N) is 1. The first-order chi connectivity index (χ1) is 17.6. The molecule has 0 bridgehead atoms. The highest BCUT2D eigenvalue weighted by atomic mass is 35.5. The number of amides is 2. The van der Waals surface area contributed by atoms with Gasteiger partial charge in [0.15, 0.2) is 0 Å². The molecule has 4 rings (SSSR count). The van der Waals surface area contributed by atoms with Gasteiger partial charge in [-0.1, -0.05) is 23.7 Å². The zero-order chi connectivity index (χ0) is 26.6. The smallest absolute Gasteiger partial charge is 0.416 e. The van der Waals surface area contributed by atoms with Crippen molar-refractivity contribution in [3.8, 4) is 5.75 Å². The van der Waals surface area contributed by atoms with E-state index < -0.39 is 23.9 Å². The maximum Gasteiger partial charge on any atom is 0.416 e. The zero-order valence-corrected chi connectivity index (χ0v) is 21.6. The molecule has 2 aromatic carbocycles. The van der Waals surface area contributed by atoms with E-state index in [0.717, 1.165) is 49.9 Å². The molecule has 2 fully saturated rings. The Labute approximate surface area is 220 Å². The lowest BCUT2D eigenvalue weighted by atomic mass is 9.88. The molecule has 0 radical (unpaired) electrons. The molecule has 2 N–H and O–H groups in total. The summed E-state index contributed by atoms with van der Waals surface area (Å²) in [4.78, 5) is 16.6. The third-order valence-electron chi connectivity index (χ3n) is 7.53. The lowest BCUT2D eigenvalue weighted by Crippen LogP contribution is -2.46. The number of rotatable bonds is 6. The minimum atomic E-state index is -4.50. The normalized spacial score (nSPS) is 19.0. The quantitative estimate of drug-likeness (QED) is 0.483. The van der Waals surface area contributed by atoms with E-state index >= 15 is 0 Å². The number of methoxy groups -OCH3 is 1. The zero-order valence-electron chi connectivity index (χ0n) is 20.8. The van der Waals surface area contributed by atoms with Gasteiger partial charge in [0.25, 0.3) is 0 Å². The first-order valence-corrected chi connectivity index (χ1v) is 13.0. The van der Waals surface area contributed by atoms with Gasteiger partial charge in [0.2, 0.25) is 0 Å². The van der Waals surface area contributed by atoms with E-state index in [9.17, 15) is 23.1 Å². The number of nitrogens with zero attached hydrogens (tertiary/aromatic N) is 2. The maximum absolute atomic E-state index is 12.8. The second-order valence-corrected chi connectivity index (χ2v) is 10.3. The van der Waals surface area contributed by atoms with Gasteiger partial charge in [-0.2, -0.15) is 13.2 Å². The van der Waals surface area contributed by atoms with Crippen LogP contribution >= 0.6 is 11.6 Å². The molecule has 2 saturated heterocycles. The Morgan fingerprint density at radius 2 is 1.73 bits per heavy atom. The summed E-state index contributed by atoms with van der Waals surface area (Å²) in [6.07, 6.45) is -1.54. The van der Waals surface area contributed by atoms with Crippen LogP contribution in [0.2, 0.25) is 5.02 Å². The number of aliphatic hydroxyl groups is 1. The van der Waals surface area contributed by atoms with Crippen LogP contribution in [0.4, 0.5) is 23.7 Å². The molecule has 10 heteroatoms. The molecule has 2 amide bonds. The van der Waals surface area contributed by atoms with Gasteiger partial charge >= 0.3 is 12.2 Å². The van der Waals surface area contributed by atoms with Crippen molar-refractivity contribution in [1.82, 2.24) is 9.80 Å². The van der Waals surface area contributed by atoms with Crippen LogP contribution in [0.1, 0.15) is 42.7 Å². The minimum absolute atomic E-state index is 0.0954. The van der Waals surface area contributed by atoms with Crippen LogP contribution in [-0.2, 0) is 6.18 Å². The number of anilines is 1. The molecule has 2 aliphatic heterocycles. The number of likely N-dealkylation sites (tertiary alicyclic amines) is 2. The highest BCUT2D eigenvalue weighted by Gasteiger charge is 2.32. The second-order valence-electron chi connectivity index (χ2n) is 9.86. The average molecular weight is 540 g/mol. The van der Waals surface area contributed by atoms with Crippen molar-refractivity contribution in [3.63, 3.8) is 0 Å². The molecule has 0 saturated carbocycles. The van der Waals surface area contributed by atoms with Crippen molar-refractivity contribution >= 4 is 23.3 Å². The van der Waals surface area contributed by atoms with Crippen LogP contribution < -0.4 is 10.1 Å². The molecule has 0 spiro atoms. The van der Waals surface area contributed by atoms with Crippen LogP contribution in [0.25, 0.3) is 0 Å². The summed E-state index contributed by atoms with van der Waals surface area (Å²) in [5, 5.41) is 13.3. The van der Waals surface area contributed by atoms with E-state index in [2.05, 4.69) is 22.3 Å². The second kappa shape index (κ2) is 11.9. The van der Waals surface area contributed by atoms with Crippen LogP contribution in [0, 0.1) is 5.92 Å². The van der Waals surface area contributed by atoms with Gasteiger partial charge < -0.3 is 25.0 Å². The molecule has 202 valence electrons. The van der Waals surface area contributed by atoms with E-state index in [1.54, 1.807) is 12.0 Å². The van der Waals surface area contributed by atoms with E-state index in [-0.39, 0.29) is 16.6 Å². The summed E-state index contributed by atoms with van der Waals surface area (Å²) < 4.78 is 43.7. The van der Waals surface area contributed by atoms with E-state index in [0.29, 0.717) is 38.4 Å². The first kappa shape index (κ1) is 27.5. The predicted octanol–water partition coefficient (Wildman–Crippen LogP) is 5.85. The summed E-state index contributed by atoms with van der Waals surface area (Å²) in [5.74, 6) is 1.47. The number of carbonyl (C=O) groups is 1. The Morgan fingerprint density at radius 1 is 1.08 bits per heavy atom. The number of piperidine rings is 2. The molecule has 6 nitrogen and oxygen atoms in total. The van der Waals surface area contributed by atoms with E-state index in [4.69, 9.17) is 16.3 Å². The number of hydrogen-bond acceptors (Lipinski definition) is 4. The maximum atomic E-state index is 12.8. The molecule has 1 atom stereocenters. The topological polar surface area (TPSA) is 65.0 Å². The van der Waals surface area contributed by atoms with Crippen molar-refractivity contribution in [2.45, 2.75) is 43.9 Å². The van der Waals surface area contributed by atoms with Crippen molar-refractivity contribution in [3.05, 3.63) is 58.6 Å². The van der Waals surface area contributed by atoms with Gasteiger partial charge in [-0.25, -0.2) is 4.79 Å². The summed E-state index contributed by atoms with van der Waals surface area (Å²) >= 11 is 5.96. The number of nitrogens with one attached hydrogen (secondary N) is 1. The van der Waals surface area contributed by atoms with Gasteiger partial charge in [0, 0.05) is 19.6 Å². The molecule has 37 heavy (non-hydrogen) atoms. The summed E-state index contributed by atoms with van der Waals surface area (Å²) in [6, 6.07) is 10.7. The predicted molar refractivity (Wildman–Crippen MR) is 137 cm³/mol. The monoisotopic (exact) mass is 539 g/mol. The summed E-state index contributed by atoms with van der Waals surface area (Å²) in [6.45, 7) is 3.41. The third kappa shape index (κ3) is 7.09. The lowest BCUT2D eigenvalue weighted by molar-refractivity contribution is -0.137. The van der Waals surface area contributed by atoms with Gasteiger partial charge in [-0.15, -0.1) is 0 Å². The highest BCUT2D eigenvalue weighted by molar-refractivity contribution is 6.33. The molecule has 2 aromatic rings. The van der Waals surface area contributed by atoms with Gasteiger partial charge in [-0.05, 0) is 86.5 Å². The summed E-state index contributed by atoms with van der Waals surface area (Å²) in [5.41, 5.74) is 0.597. The Hall–Kier alpha value is -2.49. The Bertz CT molecular complexity index is 1050. The van der Waals surface area contributed by atoms with Gasteiger partial charge in [0.05, 0.1) is 29.5 Å². The van der Waals surface area contributed by atoms with Crippen LogP contribution in [0.3, 0.4) is 0 Å². The fraction of sp³-hybridized carbons (Fsp3) is 0.519. The number of hydrogen-bond donors (Lipinski definition) is 2. The van der Waals surface area contributed by atoms with Crippen molar-refractivity contribution in [1.29, 1.82) is 0 Å². The van der Waals surface area contributed by atoms with E-state index in [1.165, 1.54) is 5.56 Å². The van der Waals surface area contributed by atoms with Gasteiger partial charge in [0.1, 0.15) is 5.75 Å². The fourth-order valence-electron chi connectivity index (χ4n) is 5.21. The number of aliphatic hydroxyl groups excluding tert-OH is 1. The van der Waals surface area contributed by atoms with Crippen LogP contribution in [-0.4, -0.2) is 66.9 Å². The molecule has 0 aromatic heterocycles. The molecule has 1 unspecified atom stereocenters. The largest absolute Gasteiger partial charge is 0.497 e. The standard InChI is InChI=1S/C27H33ClF3N3O3/c1-37-22-5-2-18(3-6-22)19-8-12-33(13-9-19)17-25(35)20-10-14-34(15-11-20)26(36)32-24-7-4-21(16-23(24)28)27(29,30)31/h2-7,16,19-20,25,35H,8-15,17H2,1H3,(H,32,36).